The first-order valence-electron chi connectivity index (χ1n) is 6.41. The lowest BCUT2D eigenvalue weighted by Crippen LogP contribution is -2.05. The van der Waals surface area contributed by atoms with Crippen LogP contribution in [0.3, 0.4) is 0 Å². The number of hydrogen-bond donors (Lipinski definition) is 1. The number of hydrogen-bond acceptors (Lipinski definition) is 3. The molecule has 0 aliphatic heterocycles. The number of aryl methyl sites for hydroxylation is 1. The van der Waals surface area contributed by atoms with Gasteiger partial charge in [-0.25, -0.2) is 9.97 Å². The fourth-order valence-electron chi connectivity index (χ4n) is 2.11. The molecule has 3 heteroatoms. The average molecular weight is 241 g/mol. The van der Waals surface area contributed by atoms with E-state index in [0.29, 0.717) is 0 Å². The maximum Gasteiger partial charge on any atom is 0.133 e. The second-order valence-corrected chi connectivity index (χ2v) is 4.30. The molecule has 94 valence electrons. The first kappa shape index (κ1) is 12.6. The van der Waals surface area contributed by atoms with Gasteiger partial charge in [0.15, 0.2) is 0 Å². The van der Waals surface area contributed by atoms with Crippen LogP contribution in [0.4, 0.5) is 5.82 Å². The lowest BCUT2D eigenvalue weighted by molar-refractivity contribution is 1.03. The van der Waals surface area contributed by atoms with E-state index in [0.717, 1.165) is 30.0 Å². The molecular weight excluding hydrogens is 222 g/mol. The molecule has 1 N–H and O–H groups in total. The minimum absolute atomic E-state index is 0.872. The summed E-state index contributed by atoms with van der Waals surface area (Å²) in [6.07, 6.45) is 2.56. The molecule has 1 heterocycles. The van der Waals surface area contributed by atoms with Crippen molar-refractivity contribution in [2.75, 3.05) is 11.9 Å². The van der Waals surface area contributed by atoms with Crippen LogP contribution < -0.4 is 5.32 Å². The van der Waals surface area contributed by atoms with Crippen LogP contribution in [0.5, 0.6) is 0 Å². The summed E-state index contributed by atoms with van der Waals surface area (Å²) in [4.78, 5) is 8.78. The zero-order chi connectivity index (χ0) is 13.0. The number of rotatable bonds is 4. The van der Waals surface area contributed by atoms with E-state index in [-0.39, 0.29) is 0 Å². The Morgan fingerprint density at radius 2 is 2.00 bits per heavy atom. The van der Waals surface area contributed by atoms with Crippen LogP contribution in [0.15, 0.2) is 30.6 Å². The molecule has 0 aliphatic rings. The van der Waals surface area contributed by atoms with Gasteiger partial charge < -0.3 is 5.32 Å². The van der Waals surface area contributed by atoms with Gasteiger partial charge in [0.1, 0.15) is 12.1 Å². The van der Waals surface area contributed by atoms with Crippen molar-refractivity contribution in [3.63, 3.8) is 0 Å². The highest BCUT2D eigenvalue weighted by molar-refractivity contribution is 5.68. The van der Waals surface area contributed by atoms with Gasteiger partial charge in [0, 0.05) is 17.7 Å². The fourth-order valence-corrected chi connectivity index (χ4v) is 2.11. The second kappa shape index (κ2) is 5.63. The Balaban J connectivity index is 2.53. The molecule has 0 radical (unpaired) electrons. The summed E-state index contributed by atoms with van der Waals surface area (Å²) in [6.45, 7) is 7.19. The van der Waals surface area contributed by atoms with Gasteiger partial charge in [0.2, 0.25) is 0 Å². The zero-order valence-electron chi connectivity index (χ0n) is 11.2. The van der Waals surface area contributed by atoms with Crippen LogP contribution in [-0.2, 0) is 6.42 Å². The molecule has 0 amide bonds. The maximum absolute atomic E-state index is 4.45. The predicted octanol–water partition coefficient (Wildman–Crippen LogP) is 3.45. The molecule has 2 aromatic rings. The fraction of sp³-hybridized carbons (Fsp3) is 0.333. The minimum atomic E-state index is 0.872. The van der Waals surface area contributed by atoms with Crippen molar-refractivity contribution < 1.29 is 0 Å². The predicted molar refractivity (Wildman–Crippen MR) is 75.7 cm³/mol. The average Bonchev–Trinajstić information content (AvgIpc) is 2.39. The third-order valence-corrected chi connectivity index (χ3v) is 2.93. The van der Waals surface area contributed by atoms with Crippen molar-refractivity contribution in [3.05, 3.63) is 41.7 Å². The van der Waals surface area contributed by atoms with Crippen LogP contribution in [0.2, 0.25) is 0 Å². The molecule has 0 fully saturated rings. The molecule has 2 rings (SSSR count). The molecule has 0 spiro atoms. The quantitative estimate of drug-likeness (QED) is 0.891. The standard InChI is InChI=1S/C15H19N3/c1-4-13-14(12-8-6-7-11(3)9-12)17-10-18-15(13)16-5-2/h6-10H,4-5H2,1-3H3,(H,16,17,18). The third kappa shape index (κ3) is 2.50. The second-order valence-electron chi connectivity index (χ2n) is 4.30. The molecule has 0 aliphatic carbocycles. The molecule has 0 bridgehead atoms. The largest absolute Gasteiger partial charge is 0.370 e. The molecule has 3 nitrogen and oxygen atoms in total. The molecule has 0 saturated heterocycles. The first-order valence-corrected chi connectivity index (χ1v) is 6.41. The number of aromatic nitrogens is 2. The Labute approximate surface area is 108 Å². The molecular formula is C15H19N3. The van der Waals surface area contributed by atoms with Gasteiger partial charge in [-0.2, -0.15) is 0 Å². The Kier molecular flexibility index (Phi) is 3.92. The summed E-state index contributed by atoms with van der Waals surface area (Å²) in [6, 6.07) is 8.43. The molecule has 0 atom stereocenters. The smallest absolute Gasteiger partial charge is 0.133 e. The van der Waals surface area contributed by atoms with Crippen molar-refractivity contribution >= 4 is 5.82 Å². The van der Waals surface area contributed by atoms with Crippen molar-refractivity contribution in [2.24, 2.45) is 0 Å². The van der Waals surface area contributed by atoms with E-state index in [4.69, 9.17) is 0 Å². The van der Waals surface area contributed by atoms with Crippen LogP contribution in [0.25, 0.3) is 11.3 Å². The van der Waals surface area contributed by atoms with E-state index in [1.54, 1.807) is 6.33 Å². The lowest BCUT2D eigenvalue weighted by atomic mass is 10.0. The summed E-state index contributed by atoms with van der Waals surface area (Å²) in [5.41, 5.74) is 4.63. The van der Waals surface area contributed by atoms with Crippen molar-refractivity contribution in [2.45, 2.75) is 27.2 Å². The maximum atomic E-state index is 4.45. The Morgan fingerprint density at radius 1 is 1.17 bits per heavy atom. The van der Waals surface area contributed by atoms with Crippen molar-refractivity contribution in [3.8, 4) is 11.3 Å². The van der Waals surface area contributed by atoms with E-state index < -0.39 is 0 Å². The van der Waals surface area contributed by atoms with Gasteiger partial charge in [-0.1, -0.05) is 30.7 Å². The van der Waals surface area contributed by atoms with Gasteiger partial charge in [-0.3, -0.25) is 0 Å². The van der Waals surface area contributed by atoms with Gasteiger partial charge in [0.25, 0.3) is 0 Å². The topological polar surface area (TPSA) is 37.8 Å². The van der Waals surface area contributed by atoms with Crippen molar-refractivity contribution in [1.82, 2.24) is 9.97 Å². The normalized spacial score (nSPS) is 10.4. The van der Waals surface area contributed by atoms with E-state index in [1.807, 2.05) is 0 Å². The molecule has 18 heavy (non-hydrogen) atoms. The first-order chi connectivity index (χ1) is 8.76. The number of nitrogens with zero attached hydrogens (tertiary/aromatic N) is 2. The van der Waals surface area contributed by atoms with E-state index in [9.17, 15) is 0 Å². The Hall–Kier alpha value is -1.90. The van der Waals surface area contributed by atoms with Gasteiger partial charge >= 0.3 is 0 Å². The molecule has 1 aromatic heterocycles. The van der Waals surface area contributed by atoms with E-state index >= 15 is 0 Å². The summed E-state index contributed by atoms with van der Waals surface area (Å²) in [5, 5.41) is 3.30. The summed E-state index contributed by atoms with van der Waals surface area (Å²) < 4.78 is 0. The summed E-state index contributed by atoms with van der Waals surface area (Å²) in [7, 11) is 0. The monoisotopic (exact) mass is 241 g/mol. The summed E-state index contributed by atoms with van der Waals surface area (Å²) in [5.74, 6) is 0.950. The number of nitrogens with one attached hydrogen (secondary N) is 1. The van der Waals surface area contributed by atoms with Crippen LogP contribution >= 0.6 is 0 Å². The van der Waals surface area contributed by atoms with Gasteiger partial charge in [0.05, 0.1) is 5.69 Å². The zero-order valence-corrected chi connectivity index (χ0v) is 11.2. The number of anilines is 1. The minimum Gasteiger partial charge on any atom is -0.370 e. The highest BCUT2D eigenvalue weighted by atomic mass is 15.0. The van der Waals surface area contributed by atoms with Gasteiger partial charge in [-0.05, 0) is 26.3 Å². The lowest BCUT2D eigenvalue weighted by Gasteiger charge is -2.12. The van der Waals surface area contributed by atoms with Crippen LogP contribution in [-0.4, -0.2) is 16.5 Å². The summed E-state index contributed by atoms with van der Waals surface area (Å²) >= 11 is 0. The highest BCUT2D eigenvalue weighted by Gasteiger charge is 2.10. The molecule has 1 aromatic carbocycles. The molecule has 0 unspecified atom stereocenters. The van der Waals surface area contributed by atoms with E-state index in [1.165, 1.54) is 11.1 Å². The van der Waals surface area contributed by atoms with Crippen LogP contribution in [0, 0.1) is 6.92 Å². The molecule has 0 saturated carbocycles. The van der Waals surface area contributed by atoms with Crippen molar-refractivity contribution in [1.29, 1.82) is 0 Å². The van der Waals surface area contributed by atoms with Gasteiger partial charge in [-0.15, -0.1) is 0 Å². The Bertz CT molecular complexity index is 535. The van der Waals surface area contributed by atoms with E-state index in [2.05, 4.69) is 60.3 Å². The SMILES string of the molecule is CCNc1ncnc(-c2cccc(C)c2)c1CC. The van der Waals surface area contributed by atoms with Crippen LogP contribution in [0.1, 0.15) is 25.0 Å². The highest BCUT2D eigenvalue weighted by Crippen LogP contribution is 2.26. The Morgan fingerprint density at radius 3 is 2.67 bits per heavy atom. The number of benzene rings is 1. The third-order valence-electron chi connectivity index (χ3n) is 2.93.